The number of carboxylic acid groups (broad SMARTS) is 3. The lowest BCUT2D eigenvalue weighted by atomic mass is 10.1. The first-order valence-corrected chi connectivity index (χ1v) is 12.1. The van der Waals surface area contributed by atoms with Gasteiger partial charge in [0.25, 0.3) is 0 Å². The number of hydrogen-bond acceptors (Lipinski definition) is 13. The Morgan fingerprint density at radius 1 is 0.537 bits per heavy atom. The maximum atomic E-state index is 12.7. The molecule has 0 spiro atoms. The van der Waals surface area contributed by atoms with Gasteiger partial charge in [0, 0.05) is 5.75 Å². The van der Waals surface area contributed by atoms with Crippen LogP contribution >= 0.6 is 12.6 Å². The van der Waals surface area contributed by atoms with Crippen molar-refractivity contribution in [3.63, 3.8) is 0 Å². The van der Waals surface area contributed by atoms with E-state index in [1.165, 1.54) is 0 Å². The number of hydrogen-bond donors (Lipinski definition) is 13. The molecule has 0 saturated carbocycles. The number of carboxylic acids is 3. The number of nitrogens with one attached hydrogen (secondary N) is 5. The zero-order valence-electron chi connectivity index (χ0n) is 21.2. The molecule has 41 heavy (non-hydrogen) atoms. The molecular formula is C20H32N6O14S. The maximum Gasteiger partial charge on any atom is 0.326 e. The van der Waals surface area contributed by atoms with Crippen LogP contribution in [0.5, 0.6) is 0 Å². The first kappa shape index (κ1) is 37.0. The van der Waals surface area contributed by atoms with Gasteiger partial charge in [-0.05, 0) is 0 Å². The van der Waals surface area contributed by atoms with Gasteiger partial charge in [-0.25, -0.2) is 4.79 Å². The molecule has 0 aromatic heterocycles. The molecule has 0 saturated heterocycles. The van der Waals surface area contributed by atoms with Gasteiger partial charge in [-0.15, -0.1) is 0 Å². The van der Waals surface area contributed by atoms with Crippen molar-refractivity contribution in [2.24, 2.45) is 5.73 Å². The zero-order chi connectivity index (χ0) is 31.9. The van der Waals surface area contributed by atoms with E-state index >= 15 is 0 Å². The molecule has 21 heteroatoms. The highest BCUT2D eigenvalue weighted by Crippen LogP contribution is 2.00. The number of aliphatic hydroxyl groups is 3. The largest absolute Gasteiger partial charge is 0.481 e. The van der Waals surface area contributed by atoms with E-state index in [0.29, 0.717) is 0 Å². The Morgan fingerprint density at radius 3 is 1.15 bits per heavy atom. The summed E-state index contributed by atoms with van der Waals surface area (Å²) < 4.78 is 0. The van der Waals surface area contributed by atoms with Gasteiger partial charge < -0.3 is 63.0 Å². The maximum absolute atomic E-state index is 12.7. The summed E-state index contributed by atoms with van der Waals surface area (Å²) >= 11 is 3.81. The highest BCUT2D eigenvalue weighted by atomic mass is 32.1. The molecule has 0 fully saturated rings. The molecule has 0 aliphatic carbocycles. The number of aliphatic carboxylic acids is 3. The lowest BCUT2D eigenvalue weighted by Gasteiger charge is -2.25. The van der Waals surface area contributed by atoms with Crippen LogP contribution in [0.1, 0.15) is 12.8 Å². The Hall–Kier alpha value is -4.05. The molecule has 0 radical (unpaired) electrons. The van der Waals surface area contributed by atoms with Gasteiger partial charge in [-0.1, -0.05) is 0 Å². The fourth-order valence-corrected chi connectivity index (χ4v) is 2.96. The van der Waals surface area contributed by atoms with Crippen LogP contribution in [0, 0.1) is 0 Å². The molecular weight excluding hydrogens is 580 g/mol. The van der Waals surface area contributed by atoms with Gasteiger partial charge in [0.1, 0.15) is 30.2 Å². The Bertz CT molecular complexity index is 997. The minimum absolute atomic E-state index is 0.123. The minimum atomic E-state index is -1.93. The summed E-state index contributed by atoms with van der Waals surface area (Å²) in [7, 11) is 0. The third-order valence-electron chi connectivity index (χ3n) is 4.99. The molecule has 0 heterocycles. The fraction of sp³-hybridized carbons (Fsp3) is 0.600. The van der Waals surface area contributed by atoms with Gasteiger partial charge >= 0.3 is 17.9 Å². The SMILES string of the molecule is N[C@@H](CS)C(=O)N[C@@H](CO)C(=O)N[C@@H](CC(=O)O)C(=O)N[C@@H](CO)C(=O)N[C@@H](CO)C(=O)N[C@@H](CC(=O)O)C(=O)O. The molecule has 0 aliphatic rings. The van der Waals surface area contributed by atoms with Crippen molar-refractivity contribution < 1.29 is 69.0 Å². The Morgan fingerprint density at radius 2 is 0.829 bits per heavy atom. The number of carbonyl (C=O) groups excluding carboxylic acids is 5. The summed E-state index contributed by atoms with van der Waals surface area (Å²) in [5, 5.41) is 64.9. The van der Waals surface area contributed by atoms with Gasteiger partial charge in [0.2, 0.25) is 29.5 Å². The number of rotatable bonds is 19. The summed E-state index contributed by atoms with van der Waals surface area (Å²) in [6.07, 6.45) is -2.11. The van der Waals surface area contributed by atoms with Crippen LogP contribution in [-0.4, -0.2) is 140 Å². The van der Waals surface area contributed by atoms with Crippen LogP contribution in [-0.2, 0) is 38.4 Å². The molecule has 13 N–H and O–H groups in total. The van der Waals surface area contributed by atoms with E-state index in [4.69, 9.17) is 21.1 Å². The quantitative estimate of drug-likeness (QED) is 0.0602. The van der Waals surface area contributed by atoms with Gasteiger partial charge in [-0.3, -0.25) is 33.6 Å². The normalized spacial score (nSPS) is 15.0. The van der Waals surface area contributed by atoms with Crippen LogP contribution in [0.25, 0.3) is 0 Å². The van der Waals surface area contributed by atoms with Crippen molar-refractivity contribution in [2.75, 3.05) is 25.6 Å². The number of carbonyl (C=O) groups is 8. The van der Waals surface area contributed by atoms with Crippen molar-refractivity contribution in [3.05, 3.63) is 0 Å². The molecule has 0 rings (SSSR count). The Balaban J connectivity index is 5.55. The molecule has 0 unspecified atom stereocenters. The predicted molar refractivity (Wildman–Crippen MR) is 135 cm³/mol. The second-order valence-electron chi connectivity index (χ2n) is 8.18. The summed E-state index contributed by atoms with van der Waals surface area (Å²) in [5.41, 5.74) is 5.46. The Kier molecular flexibility index (Phi) is 16.5. The average Bonchev–Trinajstić information content (AvgIpc) is 2.90. The number of nitrogens with two attached hydrogens (primary N) is 1. The van der Waals surface area contributed by atoms with Crippen LogP contribution in [0.15, 0.2) is 0 Å². The molecule has 0 aromatic rings. The second-order valence-corrected chi connectivity index (χ2v) is 8.54. The molecule has 0 aromatic carbocycles. The molecule has 20 nitrogen and oxygen atoms in total. The van der Waals surface area contributed by atoms with Gasteiger partial charge in [-0.2, -0.15) is 12.6 Å². The summed E-state index contributed by atoms with van der Waals surface area (Å²) in [6.45, 7) is -3.27. The van der Waals surface area contributed by atoms with Crippen LogP contribution < -0.4 is 32.3 Å². The molecule has 6 atom stereocenters. The summed E-state index contributed by atoms with van der Waals surface area (Å²) in [5.74, 6) is -11.2. The average molecular weight is 613 g/mol. The van der Waals surface area contributed by atoms with E-state index in [-0.39, 0.29) is 5.75 Å². The number of amides is 5. The van der Waals surface area contributed by atoms with E-state index in [2.05, 4.69) is 17.9 Å². The molecule has 0 bridgehead atoms. The topological polar surface area (TPSA) is 344 Å². The van der Waals surface area contributed by atoms with Crippen molar-refractivity contribution in [2.45, 2.75) is 49.1 Å². The van der Waals surface area contributed by atoms with E-state index in [1.54, 1.807) is 5.32 Å². The van der Waals surface area contributed by atoms with E-state index < -0.39 is 116 Å². The van der Waals surface area contributed by atoms with Crippen molar-refractivity contribution in [1.29, 1.82) is 0 Å². The highest BCUT2D eigenvalue weighted by Gasteiger charge is 2.33. The van der Waals surface area contributed by atoms with Crippen molar-refractivity contribution >= 4 is 60.1 Å². The highest BCUT2D eigenvalue weighted by molar-refractivity contribution is 7.80. The van der Waals surface area contributed by atoms with Gasteiger partial charge in [0.15, 0.2) is 0 Å². The van der Waals surface area contributed by atoms with Crippen LogP contribution in [0.2, 0.25) is 0 Å². The third kappa shape index (κ3) is 13.2. The molecule has 5 amide bonds. The summed E-state index contributed by atoms with van der Waals surface area (Å²) in [4.78, 5) is 94.9. The van der Waals surface area contributed by atoms with Gasteiger partial charge in [0.05, 0.1) is 38.7 Å². The standard InChI is InChI=1S/C20H32N6O14S/c21-7(6-41)15(34)24-10(3-27)17(36)22-8(1-13(30)31)16(35)25-12(5-29)19(38)26-11(4-28)18(37)23-9(20(39)40)2-14(32)33/h7-12,27-29,41H,1-6,21H2,(H,22,36)(H,23,37)(H,24,34)(H,25,35)(H,26,38)(H,30,31)(H,32,33)(H,39,40)/t7-,8-,9-,10-,11-,12-/m0/s1. The van der Waals surface area contributed by atoms with Crippen molar-refractivity contribution in [1.82, 2.24) is 26.6 Å². The lowest BCUT2D eigenvalue weighted by molar-refractivity contribution is -0.147. The minimum Gasteiger partial charge on any atom is -0.481 e. The van der Waals surface area contributed by atoms with E-state index in [1.807, 2.05) is 16.0 Å². The second kappa shape index (κ2) is 18.3. The lowest BCUT2D eigenvalue weighted by Crippen LogP contribution is -2.61. The zero-order valence-corrected chi connectivity index (χ0v) is 22.1. The van der Waals surface area contributed by atoms with Crippen molar-refractivity contribution in [3.8, 4) is 0 Å². The number of thiol groups is 1. The number of aliphatic hydroxyl groups excluding tert-OH is 3. The monoisotopic (exact) mass is 612 g/mol. The smallest absolute Gasteiger partial charge is 0.326 e. The summed E-state index contributed by atoms with van der Waals surface area (Å²) in [6, 6.07) is -10.5. The van der Waals surface area contributed by atoms with Crippen LogP contribution in [0.3, 0.4) is 0 Å². The Labute approximate surface area is 236 Å². The van der Waals surface area contributed by atoms with E-state index in [0.717, 1.165) is 0 Å². The predicted octanol–water partition coefficient (Wildman–Crippen LogP) is -7.32. The molecule has 0 aliphatic heterocycles. The van der Waals surface area contributed by atoms with E-state index in [9.17, 15) is 53.7 Å². The van der Waals surface area contributed by atoms with Crippen LogP contribution in [0.4, 0.5) is 0 Å². The molecule has 232 valence electrons. The first-order chi connectivity index (χ1) is 19.1. The fourth-order valence-electron chi connectivity index (χ4n) is 2.79. The first-order valence-electron chi connectivity index (χ1n) is 11.5. The third-order valence-corrected chi connectivity index (χ3v) is 5.38.